The number of benzene rings is 2. The summed E-state index contributed by atoms with van der Waals surface area (Å²) in [5.41, 5.74) is 2.45. The van der Waals surface area contributed by atoms with E-state index in [4.69, 9.17) is 0 Å². The Balaban J connectivity index is 1.74. The van der Waals surface area contributed by atoms with Crippen LogP contribution in [0.1, 0.15) is 56.6 Å². The molecule has 0 N–H and O–H groups in total. The van der Waals surface area contributed by atoms with Gasteiger partial charge in [-0.05, 0) is 47.6 Å². The minimum atomic E-state index is -2.84. The molecule has 0 saturated heterocycles. The van der Waals surface area contributed by atoms with Crippen molar-refractivity contribution in [1.82, 2.24) is 0 Å². The lowest BCUT2D eigenvalue weighted by Gasteiger charge is -2.21. The van der Waals surface area contributed by atoms with E-state index < -0.39 is 5.92 Å². The molecule has 25 heavy (non-hydrogen) atoms. The van der Waals surface area contributed by atoms with Gasteiger partial charge in [-0.3, -0.25) is 0 Å². The summed E-state index contributed by atoms with van der Waals surface area (Å²) in [6, 6.07) is 11.3. The highest BCUT2D eigenvalue weighted by atomic mass is 19.3. The Labute approximate surface area is 148 Å². The van der Waals surface area contributed by atoms with Crippen LogP contribution in [0.2, 0.25) is 0 Å². The van der Waals surface area contributed by atoms with Crippen molar-refractivity contribution in [3.63, 3.8) is 0 Å². The highest BCUT2D eigenvalue weighted by Crippen LogP contribution is 2.31. The van der Waals surface area contributed by atoms with Gasteiger partial charge >= 0.3 is 0 Å². The van der Waals surface area contributed by atoms with Crippen molar-refractivity contribution in [3.05, 3.63) is 59.4 Å². The van der Waals surface area contributed by atoms with Gasteiger partial charge in [-0.25, -0.2) is 13.2 Å². The smallest absolute Gasteiger partial charge is 0.207 e. The number of hydrogen-bond donors (Lipinski definition) is 0. The van der Waals surface area contributed by atoms with Gasteiger partial charge in [0.05, 0.1) is 0 Å². The van der Waals surface area contributed by atoms with Gasteiger partial charge < -0.3 is 0 Å². The zero-order chi connectivity index (χ0) is 17.9. The average Bonchev–Trinajstić information content (AvgIpc) is 2.61. The van der Waals surface area contributed by atoms with Crippen LogP contribution in [-0.2, 0) is 12.3 Å². The van der Waals surface area contributed by atoms with Crippen LogP contribution in [0.5, 0.6) is 0 Å². The second-order valence-corrected chi connectivity index (χ2v) is 7.31. The first kappa shape index (κ1) is 18.0. The van der Waals surface area contributed by atoms with Crippen LogP contribution in [-0.4, -0.2) is 0 Å². The molecule has 0 nitrogen and oxygen atoms in total. The maximum absolute atomic E-state index is 14.2. The van der Waals surface area contributed by atoms with Crippen molar-refractivity contribution in [3.8, 4) is 11.1 Å². The number of halogens is 3. The van der Waals surface area contributed by atoms with Gasteiger partial charge in [0.2, 0.25) is 0 Å². The Bertz CT molecular complexity index is 692. The molecule has 0 unspecified atom stereocenters. The second kappa shape index (κ2) is 7.63. The summed E-state index contributed by atoms with van der Waals surface area (Å²) in [5, 5.41) is 0. The van der Waals surface area contributed by atoms with Crippen LogP contribution in [0.3, 0.4) is 0 Å². The van der Waals surface area contributed by atoms with E-state index in [2.05, 4.69) is 0 Å². The number of alkyl halides is 2. The Morgan fingerprint density at radius 3 is 2.20 bits per heavy atom. The van der Waals surface area contributed by atoms with Crippen LogP contribution in [0.4, 0.5) is 13.2 Å². The van der Waals surface area contributed by atoms with E-state index in [1.165, 1.54) is 50.3 Å². The summed E-state index contributed by atoms with van der Waals surface area (Å²) in [4.78, 5) is 0. The number of aryl methyl sites for hydroxylation is 1. The molecule has 0 spiro atoms. The third-order valence-electron chi connectivity index (χ3n) is 5.32. The fraction of sp³-hybridized carbons (Fsp3) is 0.455. The summed E-state index contributed by atoms with van der Waals surface area (Å²) in [6.45, 7) is 0.892. The minimum Gasteiger partial charge on any atom is -0.207 e. The van der Waals surface area contributed by atoms with Crippen molar-refractivity contribution < 1.29 is 13.2 Å². The van der Waals surface area contributed by atoms with Crippen molar-refractivity contribution in [2.24, 2.45) is 5.92 Å². The van der Waals surface area contributed by atoms with E-state index in [1.807, 2.05) is 6.07 Å². The molecule has 1 saturated carbocycles. The van der Waals surface area contributed by atoms with Crippen molar-refractivity contribution in [2.45, 2.75) is 57.8 Å². The van der Waals surface area contributed by atoms with E-state index in [-0.39, 0.29) is 11.4 Å². The number of rotatable bonds is 5. The average molecular weight is 346 g/mol. The molecule has 1 fully saturated rings. The van der Waals surface area contributed by atoms with Crippen LogP contribution in [0.25, 0.3) is 11.1 Å². The summed E-state index contributed by atoms with van der Waals surface area (Å²) >= 11 is 0. The standard InChI is InChI=1S/C22H25F3/c1-22(24,25)20-12-9-17(10-13-20)18-11-14-21(23)19(15-18)8-7-16-5-3-2-4-6-16/h9-16H,2-8H2,1H3. The molecule has 0 bridgehead atoms. The highest BCUT2D eigenvalue weighted by molar-refractivity contribution is 5.64. The topological polar surface area (TPSA) is 0 Å². The molecule has 3 heteroatoms. The summed E-state index contributed by atoms with van der Waals surface area (Å²) in [7, 11) is 0. The lowest BCUT2D eigenvalue weighted by atomic mass is 9.85. The molecule has 0 heterocycles. The highest BCUT2D eigenvalue weighted by Gasteiger charge is 2.23. The largest absolute Gasteiger partial charge is 0.270 e. The van der Waals surface area contributed by atoms with Crippen LogP contribution >= 0.6 is 0 Å². The van der Waals surface area contributed by atoms with Crippen LogP contribution in [0.15, 0.2) is 42.5 Å². The fourth-order valence-electron chi connectivity index (χ4n) is 3.74. The van der Waals surface area contributed by atoms with Gasteiger partial charge in [-0.2, -0.15) is 0 Å². The zero-order valence-electron chi connectivity index (χ0n) is 14.7. The van der Waals surface area contributed by atoms with Gasteiger partial charge in [0.25, 0.3) is 5.92 Å². The van der Waals surface area contributed by atoms with E-state index in [0.29, 0.717) is 5.92 Å². The first-order chi connectivity index (χ1) is 11.9. The molecule has 2 aromatic rings. The van der Waals surface area contributed by atoms with Crippen molar-refractivity contribution in [2.75, 3.05) is 0 Å². The maximum atomic E-state index is 14.2. The molecule has 2 aromatic carbocycles. The van der Waals surface area contributed by atoms with E-state index in [1.54, 1.807) is 18.2 Å². The van der Waals surface area contributed by atoms with Crippen molar-refractivity contribution >= 4 is 0 Å². The third kappa shape index (κ3) is 4.65. The predicted molar refractivity (Wildman–Crippen MR) is 96.3 cm³/mol. The van der Waals surface area contributed by atoms with Crippen LogP contribution in [0, 0.1) is 11.7 Å². The van der Waals surface area contributed by atoms with Crippen LogP contribution < -0.4 is 0 Å². The molecule has 134 valence electrons. The molecule has 1 aliphatic carbocycles. The SMILES string of the molecule is CC(F)(F)c1ccc(-c2ccc(F)c(CCC3CCCCC3)c2)cc1. The van der Waals surface area contributed by atoms with Gasteiger partial charge in [0.1, 0.15) is 5.82 Å². The van der Waals surface area contributed by atoms with E-state index in [0.717, 1.165) is 36.5 Å². The monoisotopic (exact) mass is 346 g/mol. The first-order valence-corrected chi connectivity index (χ1v) is 9.20. The van der Waals surface area contributed by atoms with Gasteiger partial charge in [0.15, 0.2) is 0 Å². The Morgan fingerprint density at radius 1 is 0.920 bits per heavy atom. The van der Waals surface area contributed by atoms with Gasteiger partial charge in [-0.15, -0.1) is 0 Å². The van der Waals surface area contributed by atoms with E-state index >= 15 is 0 Å². The zero-order valence-corrected chi connectivity index (χ0v) is 14.7. The fourth-order valence-corrected chi connectivity index (χ4v) is 3.74. The second-order valence-electron chi connectivity index (χ2n) is 7.31. The predicted octanol–water partition coefficient (Wildman–Crippen LogP) is 7.12. The first-order valence-electron chi connectivity index (χ1n) is 9.20. The normalized spacial score (nSPS) is 16.2. The molecule has 3 rings (SSSR count). The quantitative estimate of drug-likeness (QED) is 0.541. The third-order valence-corrected chi connectivity index (χ3v) is 5.32. The van der Waals surface area contributed by atoms with Gasteiger partial charge in [0, 0.05) is 12.5 Å². The molecule has 0 radical (unpaired) electrons. The molecule has 0 amide bonds. The van der Waals surface area contributed by atoms with Crippen molar-refractivity contribution in [1.29, 1.82) is 0 Å². The summed E-state index contributed by atoms with van der Waals surface area (Å²) < 4.78 is 40.8. The lowest BCUT2D eigenvalue weighted by molar-refractivity contribution is 0.0175. The summed E-state index contributed by atoms with van der Waals surface area (Å²) in [6.07, 6.45) is 8.20. The lowest BCUT2D eigenvalue weighted by Crippen LogP contribution is -2.08. The maximum Gasteiger partial charge on any atom is 0.270 e. The minimum absolute atomic E-state index is 0.00381. The molecule has 0 atom stereocenters. The summed E-state index contributed by atoms with van der Waals surface area (Å²) in [5.74, 6) is -2.30. The molecular formula is C22H25F3. The number of hydrogen-bond acceptors (Lipinski definition) is 0. The Hall–Kier alpha value is -1.77. The molecule has 1 aliphatic rings. The Morgan fingerprint density at radius 2 is 1.56 bits per heavy atom. The Kier molecular flexibility index (Phi) is 5.51. The van der Waals surface area contributed by atoms with E-state index in [9.17, 15) is 13.2 Å². The molecule has 0 aromatic heterocycles. The van der Waals surface area contributed by atoms with Gasteiger partial charge in [-0.1, -0.05) is 62.4 Å². The molecular weight excluding hydrogens is 321 g/mol. The molecule has 0 aliphatic heterocycles.